The number of allylic oxidation sites excluding steroid dienone is 2. The van der Waals surface area contributed by atoms with Gasteiger partial charge in [-0.05, 0) is 51.7 Å². The minimum Gasteiger partial charge on any atom is -0.309 e. The smallest absolute Gasteiger partial charge is 0.00245 e. The molecule has 0 aromatic heterocycles. The fraction of sp³-hybridized carbons (Fsp3) is 0.714. The quantitative estimate of drug-likeness (QED) is 0.521. The Morgan fingerprint density at radius 3 is 2.27 bits per heavy atom. The monoisotopic (exact) mass is 209 g/mol. The maximum Gasteiger partial charge on any atom is -0.00245 e. The molecular formula is C14H27N. The van der Waals surface area contributed by atoms with Gasteiger partial charge in [-0.3, -0.25) is 0 Å². The molecule has 0 heterocycles. The van der Waals surface area contributed by atoms with E-state index in [1.807, 2.05) is 6.08 Å². The van der Waals surface area contributed by atoms with Crippen LogP contribution in [0.2, 0.25) is 0 Å². The number of hydrogen-bond acceptors (Lipinski definition) is 1. The molecule has 1 atom stereocenters. The van der Waals surface area contributed by atoms with E-state index in [0.29, 0.717) is 5.41 Å². The molecule has 0 saturated carbocycles. The minimum atomic E-state index is 0.298. The van der Waals surface area contributed by atoms with Crippen molar-refractivity contribution in [2.24, 2.45) is 5.41 Å². The Labute approximate surface area is 95.9 Å². The van der Waals surface area contributed by atoms with E-state index < -0.39 is 0 Å². The maximum atomic E-state index is 4.01. The topological polar surface area (TPSA) is 3.24 Å². The van der Waals surface area contributed by atoms with Crippen molar-refractivity contribution >= 4 is 0 Å². The highest BCUT2D eigenvalue weighted by Crippen LogP contribution is 2.35. The van der Waals surface area contributed by atoms with Crippen LogP contribution in [0.1, 0.15) is 39.0 Å². The first-order chi connectivity index (χ1) is 7.10. The van der Waals surface area contributed by atoms with E-state index in [9.17, 15) is 0 Å². The summed E-state index contributed by atoms with van der Waals surface area (Å²) in [7, 11) is 4.26. The van der Waals surface area contributed by atoms with Gasteiger partial charge in [-0.2, -0.15) is 0 Å². The molecule has 0 N–H and O–H groups in total. The lowest BCUT2D eigenvalue weighted by atomic mass is 9.76. The van der Waals surface area contributed by atoms with E-state index in [0.717, 1.165) is 13.0 Å². The van der Waals surface area contributed by atoms with Crippen LogP contribution in [0.5, 0.6) is 0 Å². The first kappa shape index (κ1) is 14.4. The van der Waals surface area contributed by atoms with Gasteiger partial charge in [0.15, 0.2) is 0 Å². The molecule has 0 aliphatic rings. The second-order valence-corrected chi connectivity index (χ2v) is 4.72. The van der Waals surface area contributed by atoms with Gasteiger partial charge in [-0.15, -0.1) is 13.2 Å². The summed E-state index contributed by atoms with van der Waals surface area (Å²) in [6.07, 6.45) is 10.2. The minimum absolute atomic E-state index is 0.298. The van der Waals surface area contributed by atoms with Crippen molar-refractivity contribution in [2.45, 2.75) is 39.0 Å². The fourth-order valence-corrected chi connectivity index (χ4v) is 2.15. The predicted octanol–water partition coefficient (Wildman–Crippen LogP) is 3.88. The molecule has 1 nitrogen and oxygen atoms in total. The summed E-state index contributed by atoms with van der Waals surface area (Å²) in [4.78, 5) is 2.24. The molecular weight excluding hydrogens is 182 g/mol. The molecule has 0 fully saturated rings. The third kappa shape index (κ3) is 5.78. The molecule has 15 heavy (non-hydrogen) atoms. The van der Waals surface area contributed by atoms with Crippen molar-refractivity contribution < 1.29 is 0 Å². The molecule has 0 amide bonds. The number of nitrogens with zero attached hydrogens (tertiary/aromatic N) is 1. The average Bonchev–Trinajstić information content (AvgIpc) is 2.17. The second-order valence-electron chi connectivity index (χ2n) is 4.72. The molecule has 88 valence electrons. The van der Waals surface area contributed by atoms with Gasteiger partial charge in [0.05, 0.1) is 0 Å². The molecule has 0 aliphatic carbocycles. The first-order valence-corrected chi connectivity index (χ1v) is 5.99. The van der Waals surface area contributed by atoms with Crippen LogP contribution in [0, 0.1) is 5.41 Å². The zero-order chi connectivity index (χ0) is 11.7. The van der Waals surface area contributed by atoms with Crippen LogP contribution in [0.25, 0.3) is 0 Å². The van der Waals surface area contributed by atoms with Crippen LogP contribution < -0.4 is 0 Å². The maximum absolute atomic E-state index is 4.01. The molecule has 1 heteroatoms. The highest BCUT2D eigenvalue weighted by molar-refractivity contribution is 4.98. The van der Waals surface area contributed by atoms with E-state index >= 15 is 0 Å². The van der Waals surface area contributed by atoms with Crippen molar-refractivity contribution in [3.63, 3.8) is 0 Å². The third-order valence-electron chi connectivity index (χ3n) is 3.01. The normalized spacial score (nSPS) is 14.9. The fourth-order valence-electron chi connectivity index (χ4n) is 2.15. The van der Waals surface area contributed by atoms with E-state index in [2.05, 4.69) is 45.2 Å². The highest BCUT2D eigenvalue weighted by atomic mass is 15.0. The van der Waals surface area contributed by atoms with Gasteiger partial charge >= 0.3 is 0 Å². The Morgan fingerprint density at radius 2 is 1.87 bits per heavy atom. The van der Waals surface area contributed by atoms with Crippen molar-refractivity contribution in [1.29, 1.82) is 0 Å². The molecule has 0 radical (unpaired) electrons. The van der Waals surface area contributed by atoms with E-state index in [1.165, 1.54) is 25.7 Å². The van der Waals surface area contributed by atoms with Crippen molar-refractivity contribution in [3.05, 3.63) is 25.3 Å². The van der Waals surface area contributed by atoms with Crippen molar-refractivity contribution in [1.82, 2.24) is 4.90 Å². The highest BCUT2D eigenvalue weighted by Gasteiger charge is 2.23. The summed E-state index contributed by atoms with van der Waals surface area (Å²) in [5, 5.41) is 0. The Morgan fingerprint density at radius 1 is 1.20 bits per heavy atom. The molecule has 0 bridgehead atoms. The Bertz CT molecular complexity index is 184. The Kier molecular flexibility index (Phi) is 7.41. The van der Waals surface area contributed by atoms with Crippen molar-refractivity contribution in [2.75, 3.05) is 20.6 Å². The summed E-state index contributed by atoms with van der Waals surface area (Å²) in [6, 6.07) is 0. The molecule has 0 aromatic rings. The van der Waals surface area contributed by atoms with Crippen LogP contribution in [-0.4, -0.2) is 25.5 Å². The first-order valence-electron chi connectivity index (χ1n) is 5.99. The second kappa shape index (κ2) is 7.70. The standard InChI is InChI=1S/C14H27N/c1-6-10-14(8-3,11-7-2)12-9-13-15(4)5/h6,8H,1,3,7,9-13H2,2,4-5H3. The van der Waals surface area contributed by atoms with E-state index in [1.54, 1.807) is 0 Å². The van der Waals surface area contributed by atoms with Crippen LogP contribution in [0.15, 0.2) is 25.3 Å². The third-order valence-corrected chi connectivity index (χ3v) is 3.01. The molecule has 0 spiro atoms. The van der Waals surface area contributed by atoms with Gasteiger partial charge in [0.25, 0.3) is 0 Å². The van der Waals surface area contributed by atoms with E-state index in [4.69, 9.17) is 0 Å². The zero-order valence-corrected chi connectivity index (χ0v) is 10.8. The van der Waals surface area contributed by atoms with Gasteiger partial charge in [-0.1, -0.05) is 25.5 Å². The Hall–Kier alpha value is -0.560. The molecule has 0 rings (SSSR count). The van der Waals surface area contributed by atoms with E-state index in [-0.39, 0.29) is 0 Å². The van der Waals surface area contributed by atoms with Crippen LogP contribution >= 0.6 is 0 Å². The van der Waals surface area contributed by atoms with Crippen LogP contribution in [-0.2, 0) is 0 Å². The predicted molar refractivity (Wildman–Crippen MR) is 70.1 cm³/mol. The van der Waals surface area contributed by atoms with Gasteiger partial charge in [0.2, 0.25) is 0 Å². The lowest BCUT2D eigenvalue weighted by Gasteiger charge is -2.29. The largest absolute Gasteiger partial charge is 0.309 e. The van der Waals surface area contributed by atoms with Crippen molar-refractivity contribution in [3.8, 4) is 0 Å². The summed E-state index contributed by atoms with van der Waals surface area (Å²) < 4.78 is 0. The van der Waals surface area contributed by atoms with Gasteiger partial charge in [0, 0.05) is 0 Å². The van der Waals surface area contributed by atoms with Crippen LogP contribution in [0.4, 0.5) is 0 Å². The van der Waals surface area contributed by atoms with Crippen LogP contribution in [0.3, 0.4) is 0 Å². The summed E-state index contributed by atoms with van der Waals surface area (Å²) in [6.45, 7) is 11.3. The Balaban J connectivity index is 4.20. The van der Waals surface area contributed by atoms with Gasteiger partial charge < -0.3 is 4.90 Å². The molecule has 0 saturated heterocycles. The summed E-state index contributed by atoms with van der Waals surface area (Å²) >= 11 is 0. The number of hydrogen-bond donors (Lipinski definition) is 0. The van der Waals surface area contributed by atoms with Gasteiger partial charge in [-0.25, -0.2) is 0 Å². The molecule has 1 unspecified atom stereocenters. The average molecular weight is 209 g/mol. The lowest BCUT2D eigenvalue weighted by Crippen LogP contribution is -2.20. The molecule has 0 aromatic carbocycles. The summed E-state index contributed by atoms with van der Waals surface area (Å²) in [5.74, 6) is 0. The molecule has 0 aliphatic heterocycles. The zero-order valence-electron chi connectivity index (χ0n) is 10.8. The number of rotatable bonds is 9. The SMILES string of the molecule is C=CCC(C=C)(CCC)CCCN(C)C. The lowest BCUT2D eigenvalue weighted by molar-refractivity contribution is 0.288. The van der Waals surface area contributed by atoms with Gasteiger partial charge in [0.1, 0.15) is 0 Å². The summed E-state index contributed by atoms with van der Waals surface area (Å²) in [5.41, 5.74) is 0.298.